The Labute approximate surface area is 208 Å². The Balaban J connectivity index is 0.000000658. The van der Waals surface area contributed by atoms with Crippen molar-refractivity contribution in [1.82, 2.24) is 19.7 Å². The summed E-state index contributed by atoms with van der Waals surface area (Å²) in [5.74, 6) is 0. The largest absolute Gasteiger partial charge is 0.350 e. The van der Waals surface area contributed by atoms with E-state index in [-0.39, 0.29) is 28.9 Å². The van der Waals surface area contributed by atoms with Crippen LogP contribution in [-0.2, 0) is 16.7 Å². The first-order valence-corrected chi connectivity index (χ1v) is 12.5. The van der Waals surface area contributed by atoms with Crippen molar-refractivity contribution in [3.05, 3.63) is 84.0 Å². The molecule has 4 aromatic rings. The molecule has 2 amide bonds. The van der Waals surface area contributed by atoms with Crippen molar-refractivity contribution in [2.24, 2.45) is 0 Å². The zero-order chi connectivity index (χ0) is 26.8. The molecule has 0 aliphatic heterocycles. The fourth-order valence-corrected chi connectivity index (χ4v) is 3.45. The average molecular weight is 536 g/mol. The third-order valence-electron chi connectivity index (χ3n) is 4.81. The van der Waals surface area contributed by atoms with Gasteiger partial charge in [-0.3, -0.25) is 24.0 Å². The van der Waals surface area contributed by atoms with Crippen molar-refractivity contribution in [2.45, 2.75) is 6.54 Å². The standard InChI is InChI=1S/C21H18ClN5O4.CH4O3S/c1-26(2)21(31)23-13-5-3-4-11(8-13)10-27-20(30)16-17(19(29)25-27)24-15-9-12(22)6-7-14(15)18(16)28;1-5(2,3)4/h3-9H,10H2,1-2H3,(H,23,31)(H,24,28)(H,25,29);1H3,(H,2,3,4). The number of benzene rings is 2. The van der Waals surface area contributed by atoms with Gasteiger partial charge in [-0.25, -0.2) is 9.48 Å². The number of H-pyrrole nitrogens is 2. The van der Waals surface area contributed by atoms with E-state index in [0.29, 0.717) is 28.0 Å². The molecule has 36 heavy (non-hydrogen) atoms. The third kappa shape index (κ3) is 6.38. The first-order chi connectivity index (χ1) is 16.7. The number of fused-ring (bicyclic) bond motifs is 2. The molecular weight excluding hydrogens is 514 g/mol. The lowest BCUT2D eigenvalue weighted by Crippen LogP contribution is -2.34. The molecule has 2 aromatic carbocycles. The van der Waals surface area contributed by atoms with Crippen LogP contribution in [0.1, 0.15) is 5.56 Å². The van der Waals surface area contributed by atoms with E-state index in [2.05, 4.69) is 15.4 Å². The second kappa shape index (κ2) is 10.4. The van der Waals surface area contributed by atoms with Crippen molar-refractivity contribution in [3.8, 4) is 0 Å². The summed E-state index contributed by atoms with van der Waals surface area (Å²) in [5.41, 5.74) is -0.325. The van der Waals surface area contributed by atoms with Gasteiger partial charge in [0.25, 0.3) is 21.2 Å². The van der Waals surface area contributed by atoms with Crippen molar-refractivity contribution >= 4 is 55.2 Å². The first kappa shape index (κ1) is 26.7. The van der Waals surface area contributed by atoms with Crippen molar-refractivity contribution in [2.75, 3.05) is 25.7 Å². The maximum atomic E-state index is 13.0. The number of hydrogen-bond acceptors (Lipinski definition) is 6. The highest BCUT2D eigenvalue weighted by molar-refractivity contribution is 7.85. The Kier molecular flexibility index (Phi) is 7.67. The average Bonchev–Trinajstić information content (AvgIpc) is 2.76. The van der Waals surface area contributed by atoms with Crippen LogP contribution in [0.25, 0.3) is 21.8 Å². The number of pyridine rings is 1. The number of amides is 2. The molecule has 2 aromatic heterocycles. The summed E-state index contributed by atoms with van der Waals surface area (Å²) in [4.78, 5) is 54.7. The number of nitrogens with zero attached hydrogens (tertiary/aromatic N) is 2. The smallest absolute Gasteiger partial charge is 0.321 e. The Morgan fingerprint density at radius 2 is 1.81 bits per heavy atom. The summed E-state index contributed by atoms with van der Waals surface area (Å²) < 4.78 is 26.9. The highest BCUT2D eigenvalue weighted by Crippen LogP contribution is 2.16. The lowest BCUT2D eigenvalue weighted by molar-refractivity contribution is 0.230. The molecule has 0 atom stereocenters. The van der Waals surface area contributed by atoms with Gasteiger partial charge in [-0.1, -0.05) is 23.7 Å². The predicted octanol–water partition coefficient (Wildman–Crippen LogP) is 1.83. The van der Waals surface area contributed by atoms with Gasteiger partial charge < -0.3 is 15.2 Å². The van der Waals surface area contributed by atoms with Gasteiger partial charge in [-0.15, -0.1) is 0 Å². The molecule has 0 saturated carbocycles. The lowest BCUT2D eigenvalue weighted by Gasteiger charge is -2.13. The van der Waals surface area contributed by atoms with Crippen LogP contribution in [0.2, 0.25) is 5.02 Å². The molecule has 190 valence electrons. The van der Waals surface area contributed by atoms with E-state index < -0.39 is 26.7 Å². The van der Waals surface area contributed by atoms with Gasteiger partial charge in [-0.05, 0) is 35.9 Å². The van der Waals surface area contributed by atoms with Crippen molar-refractivity contribution in [3.63, 3.8) is 0 Å². The number of aromatic nitrogens is 3. The van der Waals surface area contributed by atoms with Gasteiger partial charge >= 0.3 is 6.03 Å². The molecule has 2 heterocycles. The molecule has 14 heteroatoms. The summed E-state index contributed by atoms with van der Waals surface area (Å²) >= 11 is 5.97. The van der Waals surface area contributed by atoms with Crippen LogP contribution in [0.4, 0.5) is 10.5 Å². The van der Waals surface area contributed by atoms with Crippen LogP contribution in [0, 0.1) is 0 Å². The number of rotatable bonds is 3. The molecule has 0 aliphatic carbocycles. The van der Waals surface area contributed by atoms with Crippen LogP contribution >= 0.6 is 11.6 Å². The number of anilines is 1. The molecule has 0 radical (unpaired) electrons. The van der Waals surface area contributed by atoms with E-state index in [9.17, 15) is 27.6 Å². The molecule has 0 bridgehead atoms. The third-order valence-corrected chi connectivity index (χ3v) is 5.05. The summed E-state index contributed by atoms with van der Waals surface area (Å²) in [5, 5.41) is 5.65. The molecule has 4 N–H and O–H groups in total. The number of aromatic amines is 2. The van der Waals surface area contributed by atoms with Gasteiger partial charge in [0.1, 0.15) is 10.9 Å². The summed E-state index contributed by atoms with van der Waals surface area (Å²) in [7, 11) is -0.429. The normalized spacial score (nSPS) is 11.1. The first-order valence-electron chi connectivity index (χ1n) is 10.2. The van der Waals surface area contributed by atoms with Gasteiger partial charge in [0, 0.05) is 30.2 Å². The number of carbonyl (C=O) groups is 1. The van der Waals surface area contributed by atoms with Crippen LogP contribution < -0.4 is 21.9 Å². The van der Waals surface area contributed by atoms with E-state index in [1.165, 1.54) is 17.0 Å². The molecule has 0 aliphatic rings. The number of halogens is 1. The lowest BCUT2D eigenvalue weighted by atomic mass is 10.1. The van der Waals surface area contributed by atoms with Crippen LogP contribution in [-0.4, -0.2) is 59.0 Å². The fourth-order valence-electron chi connectivity index (χ4n) is 3.28. The minimum Gasteiger partial charge on any atom is -0.350 e. The minimum absolute atomic E-state index is 0.00772. The number of carbonyl (C=O) groups excluding carboxylic acids is 1. The molecule has 12 nitrogen and oxygen atoms in total. The molecule has 0 fully saturated rings. The predicted molar refractivity (Wildman–Crippen MR) is 138 cm³/mol. The monoisotopic (exact) mass is 535 g/mol. The van der Waals surface area contributed by atoms with E-state index in [4.69, 9.17) is 16.2 Å². The van der Waals surface area contributed by atoms with E-state index in [1.54, 1.807) is 44.4 Å². The molecule has 0 saturated heterocycles. The van der Waals surface area contributed by atoms with Gasteiger partial charge in [0.2, 0.25) is 5.43 Å². The van der Waals surface area contributed by atoms with Crippen molar-refractivity contribution in [1.29, 1.82) is 0 Å². The fraction of sp³-hybridized carbons (Fsp3) is 0.182. The number of urea groups is 1. The van der Waals surface area contributed by atoms with Crippen LogP contribution in [0.3, 0.4) is 0 Å². The minimum atomic E-state index is -3.67. The Hall–Kier alpha value is -3.94. The molecule has 4 rings (SSSR count). The quantitative estimate of drug-likeness (QED) is 0.228. The maximum Gasteiger partial charge on any atom is 0.321 e. The zero-order valence-electron chi connectivity index (χ0n) is 19.3. The maximum absolute atomic E-state index is 13.0. The van der Waals surface area contributed by atoms with Gasteiger partial charge in [0.15, 0.2) is 0 Å². The summed E-state index contributed by atoms with van der Waals surface area (Å²) in [6, 6.07) is 11.1. The highest BCUT2D eigenvalue weighted by Gasteiger charge is 2.15. The van der Waals surface area contributed by atoms with Crippen LogP contribution in [0.15, 0.2) is 56.8 Å². The molecule has 0 unspecified atom stereocenters. The number of hydrogen-bond donors (Lipinski definition) is 4. The van der Waals surface area contributed by atoms with Crippen LogP contribution in [0.5, 0.6) is 0 Å². The number of nitrogens with one attached hydrogen (secondary N) is 3. The molecular formula is C22H22ClN5O7S. The Morgan fingerprint density at radius 1 is 1.14 bits per heavy atom. The second-order valence-electron chi connectivity index (χ2n) is 7.98. The second-order valence-corrected chi connectivity index (χ2v) is 9.89. The zero-order valence-corrected chi connectivity index (χ0v) is 20.9. The SMILES string of the molecule is CN(C)C(=O)Nc1cccc(Cn2[nH]c(=O)c3[nH]c4cc(Cl)ccc4c(=O)c3c2=O)c1.CS(=O)(=O)O. The van der Waals surface area contributed by atoms with Crippen molar-refractivity contribution < 1.29 is 17.8 Å². The van der Waals surface area contributed by atoms with E-state index in [1.807, 2.05) is 0 Å². The van der Waals surface area contributed by atoms with Gasteiger partial charge in [-0.2, -0.15) is 8.42 Å². The highest BCUT2D eigenvalue weighted by atomic mass is 35.5. The Bertz CT molecular complexity index is 1750. The summed E-state index contributed by atoms with van der Waals surface area (Å²) in [6.45, 7) is 0.00772. The molecule has 0 spiro atoms. The summed E-state index contributed by atoms with van der Waals surface area (Å²) in [6.07, 6.45) is 0.715. The van der Waals surface area contributed by atoms with E-state index >= 15 is 0 Å². The topological polar surface area (TPSA) is 174 Å². The van der Waals surface area contributed by atoms with Gasteiger partial charge in [0.05, 0.1) is 18.3 Å². The Morgan fingerprint density at radius 3 is 2.44 bits per heavy atom. The van der Waals surface area contributed by atoms with E-state index in [0.717, 1.165) is 4.68 Å².